The zero-order chi connectivity index (χ0) is 9.52. The minimum Gasteiger partial charge on any atom is -0.369 e. The number of guanidine groups is 1. The molecule has 14 heavy (non-hydrogen) atoms. The highest BCUT2D eigenvalue weighted by Crippen LogP contribution is 1.97. The molecule has 1 rings (SSSR count). The lowest BCUT2D eigenvalue weighted by Gasteiger charge is -2.00. The van der Waals surface area contributed by atoms with Crippen LogP contribution in [0.2, 0.25) is 0 Å². The summed E-state index contributed by atoms with van der Waals surface area (Å²) in [4.78, 5) is 0. The molecule has 0 saturated carbocycles. The van der Waals surface area contributed by atoms with Crippen LogP contribution in [0, 0.1) is 0 Å². The van der Waals surface area contributed by atoms with E-state index >= 15 is 0 Å². The van der Waals surface area contributed by atoms with Gasteiger partial charge in [0, 0.05) is 6.54 Å². The van der Waals surface area contributed by atoms with E-state index in [-0.39, 0.29) is 18.4 Å². The summed E-state index contributed by atoms with van der Waals surface area (Å²) in [5, 5.41) is 3.66. The molecule has 1 aromatic rings. The Hall–Kier alpha value is -1.42. The number of hydrazone groups is 1. The van der Waals surface area contributed by atoms with Gasteiger partial charge in [0.05, 0.1) is 0 Å². The summed E-state index contributed by atoms with van der Waals surface area (Å²) < 4.78 is 0. The highest BCUT2D eigenvalue weighted by Gasteiger charge is 1.89. The Bertz CT molecular complexity index is 269. The first-order chi connectivity index (χ1) is 6.29. The van der Waals surface area contributed by atoms with Crippen molar-refractivity contribution in [2.24, 2.45) is 16.6 Å². The summed E-state index contributed by atoms with van der Waals surface area (Å²) in [7, 11) is 0. The quantitative estimate of drug-likeness (QED) is 0.295. The molecule has 0 aliphatic rings. The number of nitrogens with zero attached hydrogens (tertiary/aromatic N) is 1. The fourth-order valence-corrected chi connectivity index (χ4v) is 0.992. The van der Waals surface area contributed by atoms with Gasteiger partial charge in [0.15, 0.2) is 0 Å². The second-order valence-electron chi connectivity index (χ2n) is 2.68. The Labute approximate surface area is 89.8 Å². The standard InChI is InChI=1S/C9H14N4.ClH/c10-9(11)13-12-7-6-8-4-2-1-3-5-8;/h1-5,12H,6-7H2,(H4,10,11,13);1H. The molecule has 0 amide bonds. The maximum absolute atomic E-state index is 5.14. The second kappa shape index (κ2) is 7.03. The first kappa shape index (κ1) is 12.6. The summed E-state index contributed by atoms with van der Waals surface area (Å²) in [6.07, 6.45) is 0.914. The Morgan fingerprint density at radius 2 is 1.86 bits per heavy atom. The van der Waals surface area contributed by atoms with E-state index in [1.165, 1.54) is 5.56 Å². The molecule has 5 heteroatoms. The first-order valence-electron chi connectivity index (χ1n) is 4.14. The molecule has 0 atom stereocenters. The molecule has 5 N–H and O–H groups in total. The van der Waals surface area contributed by atoms with Crippen molar-refractivity contribution in [2.45, 2.75) is 6.42 Å². The van der Waals surface area contributed by atoms with Crippen LogP contribution in [0.5, 0.6) is 0 Å². The predicted molar refractivity (Wildman–Crippen MR) is 61.2 cm³/mol. The monoisotopic (exact) mass is 214 g/mol. The smallest absolute Gasteiger partial charge is 0.208 e. The molecule has 0 radical (unpaired) electrons. The minimum absolute atomic E-state index is 0. The molecule has 78 valence electrons. The Balaban J connectivity index is 0.00000169. The molecular weight excluding hydrogens is 200 g/mol. The van der Waals surface area contributed by atoms with Crippen molar-refractivity contribution in [3.05, 3.63) is 35.9 Å². The van der Waals surface area contributed by atoms with Gasteiger partial charge < -0.3 is 16.9 Å². The van der Waals surface area contributed by atoms with E-state index in [1.807, 2.05) is 18.2 Å². The lowest BCUT2D eigenvalue weighted by molar-refractivity contribution is 0.728. The normalized spacial score (nSPS) is 8.57. The topological polar surface area (TPSA) is 76.4 Å². The summed E-state index contributed by atoms with van der Waals surface area (Å²) in [6.45, 7) is 0.738. The van der Waals surface area contributed by atoms with Gasteiger partial charge in [-0.25, -0.2) is 0 Å². The van der Waals surface area contributed by atoms with Gasteiger partial charge in [0.25, 0.3) is 0 Å². The SMILES string of the molecule is Cl.NC(N)=NNCCc1ccccc1. The number of rotatable bonds is 4. The van der Waals surface area contributed by atoms with Crippen LogP contribution in [-0.2, 0) is 6.42 Å². The molecule has 0 unspecified atom stereocenters. The molecule has 0 saturated heterocycles. The fourth-order valence-electron chi connectivity index (χ4n) is 0.992. The highest BCUT2D eigenvalue weighted by molar-refractivity contribution is 5.85. The lowest BCUT2D eigenvalue weighted by Crippen LogP contribution is -2.27. The van der Waals surface area contributed by atoms with Crippen LogP contribution < -0.4 is 16.9 Å². The van der Waals surface area contributed by atoms with Gasteiger partial charge in [-0.3, -0.25) is 0 Å². The van der Waals surface area contributed by atoms with Gasteiger partial charge in [-0.2, -0.15) is 0 Å². The summed E-state index contributed by atoms with van der Waals surface area (Å²) >= 11 is 0. The average molecular weight is 215 g/mol. The Morgan fingerprint density at radius 1 is 1.21 bits per heavy atom. The maximum Gasteiger partial charge on any atom is 0.208 e. The van der Waals surface area contributed by atoms with Crippen molar-refractivity contribution in [1.82, 2.24) is 5.43 Å². The van der Waals surface area contributed by atoms with E-state index < -0.39 is 0 Å². The molecule has 0 bridgehead atoms. The van der Waals surface area contributed by atoms with Crippen molar-refractivity contribution in [1.29, 1.82) is 0 Å². The molecule has 0 aliphatic heterocycles. The van der Waals surface area contributed by atoms with Crippen LogP contribution in [0.4, 0.5) is 0 Å². The highest BCUT2D eigenvalue weighted by atomic mass is 35.5. The predicted octanol–water partition coefficient (Wildman–Crippen LogP) is 0.429. The molecule has 0 heterocycles. The third kappa shape index (κ3) is 5.27. The molecule has 4 nitrogen and oxygen atoms in total. The zero-order valence-electron chi connectivity index (χ0n) is 7.81. The zero-order valence-corrected chi connectivity index (χ0v) is 8.63. The summed E-state index contributed by atoms with van der Waals surface area (Å²) in [6, 6.07) is 10.1. The van der Waals surface area contributed by atoms with Crippen LogP contribution in [-0.4, -0.2) is 12.5 Å². The number of benzene rings is 1. The third-order valence-corrected chi connectivity index (χ3v) is 1.58. The van der Waals surface area contributed by atoms with E-state index in [0.717, 1.165) is 13.0 Å². The molecule has 0 fully saturated rings. The summed E-state index contributed by atoms with van der Waals surface area (Å²) in [5.74, 6) is 0.0630. The number of nitrogens with one attached hydrogen (secondary N) is 1. The van der Waals surface area contributed by atoms with Gasteiger partial charge >= 0.3 is 0 Å². The van der Waals surface area contributed by atoms with Gasteiger partial charge in [0.2, 0.25) is 5.96 Å². The molecule has 0 spiro atoms. The maximum atomic E-state index is 5.14. The Kier molecular flexibility index (Phi) is 6.32. The molecular formula is C9H15ClN4. The van der Waals surface area contributed by atoms with Gasteiger partial charge in [0.1, 0.15) is 0 Å². The Morgan fingerprint density at radius 3 is 2.43 bits per heavy atom. The van der Waals surface area contributed by atoms with E-state index in [1.54, 1.807) is 0 Å². The van der Waals surface area contributed by atoms with E-state index in [4.69, 9.17) is 11.5 Å². The van der Waals surface area contributed by atoms with Crippen LogP contribution in [0.15, 0.2) is 35.4 Å². The molecule has 0 aliphatic carbocycles. The minimum atomic E-state index is 0. The number of halogens is 1. The van der Waals surface area contributed by atoms with Crippen molar-refractivity contribution in [2.75, 3.05) is 6.54 Å². The fraction of sp³-hybridized carbons (Fsp3) is 0.222. The molecule has 1 aromatic carbocycles. The molecule has 0 aromatic heterocycles. The number of hydrogen-bond donors (Lipinski definition) is 3. The van der Waals surface area contributed by atoms with Crippen LogP contribution in [0.3, 0.4) is 0 Å². The first-order valence-corrected chi connectivity index (χ1v) is 4.14. The van der Waals surface area contributed by atoms with Crippen molar-refractivity contribution >= 4 is 18.4 Å². The summed E-state index contributed by atoms with van der Waals surface area (Å²) in [5.41, 5.74) is 14.3. The van der Waals surface area contributed by atoms with Gasteiger partial charge in [-0.15, -0.1) is 17.5 Å². The van der Waals surface area contributed by atoms with Crippen LogP contribution in [0.25, 0.3) is 0 Å². The van der Waals surface area contributed by atoms with E-state index in [9.17, 15) is 0 Å². The second-order valence-corrected chi connectivity index (χ2v) is 2.68. The van der Waals surface area contributed by atoms with Crippen molar-refractivity contribution < 1.29 is 0 Å². The van der Waals surface area contributed by atoms with Gasteiger partial charge in [-0.05, 0) is 12.0 Å². The van der Waals surface area contributed by atoms with Crippen molar-refractivity contribution in [3.63, 3.8) is 0 Å². The van der Waals surface area contributed by atoms with Crippen LogP contribution >= 0.6 is 12.4 Å². The van der Waals surface area contributed by atoms with E-state index in [2.05, 4.69) is 22.7 Å². The number of nitrogens with two attached hydrogens (primary N) is 2. The van der Waals surface area contributed by atoms with Gasteiger partial charge in [-0.1, -0.05) is 30.3 Å². The largest absolute Gasteiger partial charge is 0.369 e. The lowest BCUT2D eigenvalue weighted by atomic mass is 10.2. The van der Waals surface area contributed by atoms with Crippen molar-refractivity contribution in [3.8, 4) is 0 Å². The average Bonchev–Trinajstić information content (AvgIpc) is 2.14. The number of hydrogen-bond acceptors (Lipinski definition) is 2. The van der Waals surface area contributed by atoms with Crippen LogP contribution in [0.1, 0.15) is 5.56 Å². The third-order valence-electron chi connectivity index (χ3n) is 1.58. The van der Waals surface area contributed by atoms with E-state index in [0.29, 0.717) is 0 Å².